The summed E-state index contributed by atoms with van der Waals surface area (Å²) >= 11 is 1.66. The van der Waals surface area contributed by atoms with Crippen LogP contribution in [0.3, 0.4) is 0 Å². The molecule has 1 N–H and O–H groups in total. The van der Waals surface area contributed by atoms with Crippen molar-refractivity contribution in [2.75, 3.05) is 0 Å². The molecule has 0 fully saturated rings. The molecule has 0 spiro atoms. The third kappa shape index (κ3) is 4.78. The molecule has 0 amide bonds. The first-order valence-electron chi connectivity index (χ1n) is 5.82. The highest BCUT2D eigenvalue weighted by molar-refractivity contribution is 7.10. The second kappa shape index (κ2) is 6.67. The maximum atomic E-state index is 8.71. The van der Waals surface area contributed by atoms with E-state index >= 15 is 0 Å². The van der Waals surface area contributed by atoms with Crippen LogP contribution in [-0.4, -0.2) is 6.04 Å². The van der Waals surface area contributed by atoms with Crippen molar-refractivity contribution < 1.29 is 0 Å². The Hall–Kier alpha value is -0.850. The summed E-state index contributed by atoms with van der Waals surface area (Å²) < 4.78 is 0. The van der Waals surface area contributed by atoms with Gasteiger partial charge in [-0.25, -0.2) is 0 Å². The van der Waals surface area contributed by atoms with E-state index in [0.29, 0.717) is 6.04 Å². The molecule has 0 aliphatic rings. The lowest BCUT2D eigenvalue weighted by molar-refractivity contribution is 0.452. The summed E-state index contributed by atoms with van der Waals surface area (Å²) in [5.41, 5.74) is 0.775. The number of nitrogens with one attached hydrogen (secondary N) is 1. The first kappa shape index (κ1) is 13.2. The molecule has 1 atom stereocenters. The van der Waals surface area contributed by atoms with E-state index in [-0.39, 0.29) is 0 Å². The van der Waals surface area contributed by atoms with Gasteiger partial charge < -0.3 is 5.32 Å². The summed E-state index contributed by atoms with van der Waals surface area (Å²) in [7, 11) is 0. The molecule has 1 rings (SSSR count). The van der Waals surface area contributed by atoms with Crippen molar-refractivity contribution in [3.05, 3.63) is 21.9 Å². The number of thiophene rings is 1. The summed E-state index contributed by atoms with van der Waals surface area (Å²) in [6.07, 6.45) is 2.48. The van der Waals surface area contributed by atoms with E-state index in [4.69, 9.17) is 5.26 Å². The monoisotopic (exact) mass is 236 g/mol. The average molecular weight is 236 g/mol. The molecule has 16 heavy (non-hydrogen) atoms. The Kier molecular flexibility index (Phi) is 5.51. The molecular formula is C13H20N2S. The van der Waals surface area contributed by atoms with Gasteiger partial charge in [-0.3, -0.25) is 0 Å². The van der Waals surface area contributed by atoms with Gasteiger partial charge in [0.25, 0.3) is 0 Å². The minimum Gasteiger partial charge on any atom is -0.309 e. The SMILES string of the molecule is CC(C)CCC(C)NCc1cc(C#N)cs1. The van der Waals surface area contributed by atoms with Crippen LogP contribution in [0.4, 0.5) is 0 Å². The van der Waals surface area contributed by atoms with E-state index in [1.807, 2.05) is 11.4 Å². The molecule has 1 aromatic heterocycles. The highest BCUT2D eigenvalue weighted by Gasteiger charge is 2.04. The lowest BCUT2D eigenvalue weighted by atomic mass is 10.0. The van der Waals surface area contributed by atoms with Crippen LogP contribution < -0.4 is 5.32 Å². The zero-order valence-corrected chi connectivity index (χ0v) is 11.1. The first-order chi connectivity index (χ1) is 7.61. The van der Waals surface area contributed by atoms with E-state index in [2.05, 4.69) is 32.2 Å². The zero-order valence-electron chi connectivity index (χ0n) is 10.3. The van der Waals surface area contributed by atoms with Crippen LogP contribution in [0.1, 0.15) is 44.1 Å². The van der Waals surface area contributed by atoms with Gasteiger partial charge in [0.1, 0.15) is 6.07 Å². The fourth-order valence-electron chi connectivity index (χ4n) is 1.49. The first-order valence-corrected chi connectivity index (χ1v) is 6.70. The third-order valence-corrected chi connectivity index (χ3v) is 3.52. The van der Waals surface area contributed by atoms with Crippen molar-refractivity contribution in [2.24, 2.45) is 5.92 Å². The lowest BCUT2D eigenvalue weighted by Gasteiger charge is -2.14. The van der Waals surface area contributed by atoms with Crippen LogP contribution in [0, 0.1) is 17.2 Å². The molecule has 0 saturated heterocycles. The Morgan fingerprint density at radius 2 is 2.12 bits per heavy atom. The molecule has 0 saturated carbocycles. The maximum Gasteiger partial charge on any atom is 0.100 e. The van der Waals surface area contributed by atoms with E-state index in [1.54, 1.807) is 11.3 Å². The van der Waals surface area contributed by atoms with E-state index in [0.717, 1.165) is 18.0 Å². The number of nitriles is 1. The molecule has 0 aromatic carbocycles. The molecule has 0 radical (unpaired) electrons. The summed E-state index contributed by atoms with van der Waals surface area (Å²) in [6, 6.07) is 4.67. The van der Waals surface area contributed by atoms with E-state index < -0.39 is 0 Å². The Bertz CT molecular complexity index is 349. The van der Waals surface area contributed by atoms with Gasteiger partial charge in [0.2, 0.25) is 0 Å². The van der Waals surface area contributed by atoms with Crippen LogP contribution in [-0.2, 0) is 6.54 Å². The summed E-state index contributed by atoms with van der Waals surface area (Å²) in [4.78, 5) is 1.24. The Labute approximate surface area is 102 Å². The van der Waals surface area contributed by atoms with Crippen molar-refractivity contribution >= 4 is 11.3 Å². The van der Waals surface area contributed by atoms with Crippen LogP contribution in [0.5, 0.6) is 0 Å². The quantitative estimate of drug-likeness (QED) is 0.820. The predicted molar refractivity (Wildman–Crippen MR) is 69.4 cm³/mol. The van der Waals surface area contributed by atoms with Gasteiger partial charge in [-0.2, -0.15) is 5.26 Å². The summed E-state index contributed by atoms with van der Waals surface area (Å²) in [5.74, 6) is 0.774. The zero-order chi connectivity index (χ0) is 12.0. The van der Waals surface area contributed by atoms with Crippen molar-refractivity contribution in [3.8, 4) is 6.07 Å². The minimum absolute atomic E-state index is 0.551. The lowest BCUT2D eigenvalue weighted by Crippen LogP contribution is -2.25. The largest absolute Gasteiger partial charge is 0.309 e. The predicted octanol–water partition coefficient (Wildman–Crippen LogP) is 3.53. The van der Waals surface area contributed by atoms with E-state index in [1.165, 1.54) is 17.7 Å². The topological polar surface area (TPSA) is 35.8 Å². The summed E-state index contributed by atoms with van der Waals surface area (Å²) in [5, 5.41) is 14.1. The van der Waals surface area contributed by atoms with Crippen molar-refractivity contribution in [1.29, 1.82) is 5.26 Å². The maximum absolute atomic E-state index is 8.71. The molecule has 1 unspecified atom stereocenters. The molecule has 88 valence electrons. The Balaban J connectivity index is 2.26. The molecular weight excluding hydrogens is 216 g/mol. The van der Waals surface area contributed by atoms with Crippen LogP contribution in [0.2, 0.25) is 0 Å². The standard InChI is InChI=1S/C13H20N2S/c1-10(2)4-5-11(3)15-8-13-6-12(7-14)9-16-13/h6,9-11,15H,4-5,8H2,1-3H3. The van der Waals surface area contributed by atoms with Crippen LogP contribution >= 0.6 is 11.3 Å². The second-order valence-corrected chi connectivity index (χ2v) is 5.66. The van der Waals surface area contributed by atoms with Gasteiger partial charge in [0, 0.05) is 22.8 Å². The summed E-state index contributed by atoms with van der Waals surface area (Å²) in [6.45, 7) is 7.61. The average Bonchev–Trinajstić information content (AvgIpc) is 2.71. The number of hydrogen-bond donors (Lipinski definition) is 1. The number of hydrogen-bond acceptors (Lipinski definition) is 3. The van der Waals surface area contributed by atoms with Gasteiger partial charge in [-0.1, -0.05) is 13.8 Å². The second-order valence-electron chi connectivity index (χ2n) is 4.67. The Morgan fingerprint density at radius 1 is 1.38 bits per heavy atom. The van der Waals surface area contributed by atoms with Crippen molar-refractivity contribution in [2.45, 2.75) is 46.2 Å². The normalized spacial score (nSPS) is 12.7. The highest BCUT2D eigenvalue weighted by Crippen LogP contribution is 2.14. The van der Waals surface area contributed by atoms with E-state index in [9.17, 15) is 0 Å². The molecule has 1 heterocycles. The van der Waals surface area contributed by atoms with Crippen molar-refractivity contribution in [1.82, 2.24) is 5.32 Å². The molecule has 3 heteroatoms. The highest BCUT2D eigenvalue weighted by atomic mass is 32.1. The van der Waals surface area contributed by atoms with Gasteiger partial charge in [0.15, 0.2) is 0 Å². The Morgan fingerprint density at radius 3 is 2.69 bits per heavy atom. The smallest absolute Gasteiger partial charge is 0.100 e. The van der Waals surface area contributed by atoms with Crippen LogP contribution in [0.25, 0.3) is 0 Å². The number of nitrogens with zero attached hydrogens (tertiary/aromatic N) is 1. The molecule has 1 aromatic rings. The molecule has 0 bridgehead atoms. The van der Waals surface area contributed by atoms with Crippen molar-refractivity contribution in [3.63, 3.8) is 0 Å². The number of rotatable bonds is 6. The third-order valence-electron chi connectivity index (χ3n) is 2.58. The molecule has 0 aliphatic carbocycles. The van der Waals surface area contributed by atoms with Gasteiger partial charge in [-0.05, 0) is 31.7 Å². The van der Waals surface area contributed by atoms with Gasteiger partial charge in [-0.15, -0.1) is 11.3 Å². The molecule has 0 aliphatic heterocycles. The minimum atomic E-state index is 0.551. The fraction of sp³-hybridized carbons (Fsp3) is 0.615. The molecule has 2 nitrogen and oxygen atoms in total. The van der Waals surface area contributed by atoms with Gasteiger partial charge >= 0.3 is 0 Å². The van der Waals surface area contributed by atoms with Crippen LogP contribution in [0.15, 0.2) is 11.4 Å². The van der Waals surface area contributed by atoms with Gasteiger partial charge in [0.05, 0.1) is 5.56 Å². The fourth-order valence-corrected chi connectivity index (χ4v) is 2.25.